The van der Waals surface area contributed by atoms with Gasteiger partial charge in [-0.15, -0.1) is 6.58 Å². The molecule has 1 aromatic rings. The van der Waals surface area contributed by atoms with Gasteiger partial charge in [0.25, 0.3) is 0 Å². The Hall–Kier alpha value is -1.02. The van der Waals surface area contributed by atoms with E-state index < -0.39 is 0 Å². The molecule has 0 saturated heterocycles. The van der Waals surface area contributed by atoms with Crippen molar-refractivity contribution in [3.05, 3.63) is 35.8 Å². The monoisotopic (exact) mass is 207 g/mol. The van der Waals surface area contributed by atoms with Crippen LogP contribution in [0.2, 0.25) is 0 Å². The molecule has 1 rings (SSSR count). The molecule has 0 amide bonds. The molecule has 1 heterocycles. The first-order valence-corrected chi connectivity index (χ1v) is 5.57. The van der Waals surface area contributed by atoms with Gasteiger partial charge in [-0.05, 0) is 32.9 Å². The van der Waals surface area contributed by atoms with Gasteiger partial charge in [0.2, 0.25) is 0 Å². The van der Waals surface area contributed by atoms with E-state index in [4.69, 9.17) is 4.42 Å². The second-order valence-electron chi connectivity index (χ2n) is 3.99. The molecule has 1 N–H and O–H groups in total. The smallest absolute Gasteiger partial charge is 0.108 e. The molecule has 1 atom stereocenters. The normalized spacial score (nSPS) is 12.7. The lowest BCUT2D eigenvalue weighted by Crippen LogP contribution is -2.17. The van der Waals surface area contributed by atoms with Gasteiger partial charge in [-0.2, -0.15) is 0 Å². The lowest BCUT2D eigenvalue weighted by molar-refractivity contribution is 0.486. The second kappa shape index (κ2) is 5.76. The largest absolute Gasteiger partial charge is 0.469 e. The molecule has 1 aromatic heterocycles. The molecule has 2 heteroatoms. The molecule has 0 saturated carbocycles. The quantitative estimate of drug-likeness (QED) is 0.723. The minimum Gasteiger partial charge on any atom is -0.469 e. The molecular weight excluding hydrogens is 186 g/mol. The second-order valence-corrected chi connectivity index (χ2v) is 3.99. The number of aryl methyl sites for hydroxylation is 1. The van der Waals surface area contributed by atoms with E-state index in [1.54, 1.807) is 6.26 Å². The topological polar surface area (TPSA) is 25.2 Å². The molecule has 0 aromatic carbocycles. The molecule has 0 aliphatic carbocycles. The summed E-state index contributed by atoms with van der Waals surface area (Å²) in [6.07, 6.45) is 4.87. The molecule has 15 heavy (non-hydrogen) atoms. The van der Waals surface area contributed by atoms with Gasteiger partial charge in [0.05, 0.1) is 6.26 Å². The average molecular weight is 207 g/mol. The first kappa shape index (κ1) is 12.1. The SMILES string of the molecule is C=C(C)CCC(NC)c1ccoc1CC. The number of hydrogen-bond donors (Lipinski definition) is 1. The van der Waals surface area contributed by atoms with Gasteiger partial charge >= 0.3 is 0 Å². The zero-order valence-corrected chi connectivity index (χ0v) is 9.97. The van der Waals surface area contributed by atoms with E-state index in [0.717, 1.165) is 25.0 Å². The van der Waals surface area contributed by atoms with Crippen molar-refractivity contribution in [2.45, 2.75) is 39.2 Å². The van der Waals surface area contributed by atoms with Crippen LogP contribution in [-0.4, -0.2) is 7.05 Å². The third kappa shape index (κ3) is 3.24. The summed E-state index contributed by atoms with van der Waals surface area (Å²) in [5.41, 5.74) is 2.53. The van der Waals surface area contributed by atoms with Crippen molar-refractivity contribution in [1.29, 1.82) is 0 Å². The van der Waals surface area contributed by atoms with Crippen LogP contribution in [0.15, 0.2) is 28.9 Å². The number of nitrogens with one attached hydrogen (secondary N) is 1. The Kier molecular flexibility index (Phi) is 4.63. The number of furan rings is 1. The van der Waals surface area contributed by atoms with Gasteiger partial charge in [0, 0.05) is 18.0 Å². The summed E-state index contributed by atoms with van der Waals surface area (Å²) in [4.78, 5) is 0. The van der Waals surface area contributed by atoms with Crippen LogP contribution in [0.4, 0.5) is 0 Å². The highest BCUT2D eigenvalue weighted by Crippen LogP contribution is 2.24. The fourth-order valence-electron chi connectivity index (χ4n) is 1.79. The molecule has 0 aliphatic heterocycles. The van der Waals surface area contributed by atoms with Gasteiger partial charge in [-0.1, -0.05) is 12.5 Å². The van der Waals surface area contributed by atoms with Crippen molar-refractivity contribution in [3.63, 3.8) is 0 Å². The minimum absolute atomic E-state index is 0.385. The summed E-state index contributed by atoms with van der Waals surface area (Å²) in [5, 5.41) is 3.33. The molecule has 0 radical (unpaired) electrons. The van der Waals surface area contributed by atoms with Crippen molar-refractivity contribution in [1.82, 2.24) is 5.32 Å². The maximum absolute atomic E-state index is 5.44. The Morgan fingerprint density at radius 2 is 2.33 bits per heavy atom. The standard InChI is InChI=1S/C13H21NO/c1-5-13-11(8-9-15-13)12(14-4)7-6-10(2)3/h8-9,12,14H,2,5-7H2,1,3-4H3. The maximum Gasteiger partial charge on any atom is 0.108 e. The van der Waals surface area contributed by atoms with Crippen LogP contribution >= 0.6 is 0 Å². The van der Waals surface area contributed by atoms with Crippen LogP contribution < -0.4 is 5.32 Å². The summed E-state index contributed by atoms with van der Waals surface area (Å²) in [5.74, 6) is 1.09. The Balaban J connectivity index is 2.69. The number of rotatable bonds is 6. The van der Waals surface area contributed by atoms with Crippen molar-refractivity contribution < 1.29 is 4.42 Å². The average Bonchev–Trinajstić information content (AvgIpc) is 2.66. The fraction of sp³-hybridized carbons (Fsp3) is 0.538. The van der Waals surface area contributed by atoms with E-state index in [1.807, 2.05) is 7.05 Å². The van der Waals surface area contributed by atoms with Crippen LogP contribution in [0.25, 0.3) is 0 Å². The highest BCUT2D eigenvalue weighted by Gasteiger charge is 2.14. The highest BCUT2D eigenvalue weighted by molar-refractivity contribution is 5.21. The van der Waals surface area contributed by atoms with Gasteiger partial charge in [-0.3, -0.25) is 0 Å². The van der Waals surface area contributed by atoms with E-state index in [1.165, 1.54) is 11.1 Å². The molecule has 2 nitrogen and oxygen atoms in total. The van der Waals surface area contributed by atoms with Gasteiger partial charge in [-0.25, -0.2) is 0 Å². The third-order valence-corrected chi connectivity index (χ3v) is 2.68. The number of hydrogen-bond acceptors (Lipinski definition) is 2. The zero-order chi connectivity index (χ0) is 11.3. The van der Waals surface area contributed by atoms with E-state index in [0.29, 0.717) is 6.04 Å². The molecule has 84 valence electrons. The maximum atomic E-state index is 5.44. The van der Waals surface area contributed by atoms with E-state index in [2.05, 4.69) is 31.8 Å². The summed E-state index contributed by atoms with van der Waals surface area (Å²) in [7, 11) is 2.00. The molecule has 0 aliphatic rings. The van der Waals surface area contributed by atoms with Crippen molar-refractivity contribution in [2.75, 3.05) is 7.05 Å². The van der Waals surface area contributed by atoms with Gasteiger partial charge < -0.3 is 9.73 Å². The van der Waals surface area contributed by atoms with E-state index >= 15 is 0 Å². The lowest BCUT2D eigenvalue weighted by Gasteiger charge is -2.15. The summed E-state index contributed by atoms with van der Waals surface area (Å²) in [6.45, 7) is 8.13. The van der Waals surface area contributed by atoms with E-state index in [-0.39, 0.29) is 0 Å². The molecule has 0 fully saturated rings. The van der Waals surface area contributed by atoms with Gasteiger partial charge in [0.15, 0.2) is 0 Å². The van der Waals surface area contributed by atoms with Crippen LogP contribution in [0.1, 0.15) is 44.1 Å². The van der Waals surface area contributed by atoms with Crippen LogP contribution in [-0.2, 0) is 6.42 Å². The van der Waals surface area contributed by atoms with Crippen molar-refractivity contribution in [2.24, 2.45) is 0 Å². The Morgan fingerprint density at radius 1 is 1.60 bits per heavy atom. The first-order valence-electron chi connectivity index (χ1n) is 5.57. The number of allylic oxidation sites excluding steroid dienone is 1. The van der Waals surface area contributed by atoms with Crippen molar-refractivity contribution >= 4 is 0 Å². The van der Waals surface area contributed by atoms with Crippen LogP contribution in [0.5, 0.6) is 0 Å². The fourth-order valence-corrected chi connectivity index (χ4v) is 1.79. The van der Waals surface area contributed by atoms with Crippen LogP contribution in [0.3, 0.4) is 0 Å². The summed E-state index contributed by atoms with van der Waals surface area (Å²) in [6, 6.07) is 2.45. The molecular formula is C13H21NO. The first-order chi connectivity index (χ1) is 7.19. The summed E-state index contributed by atoms with van der Waals surface area (Å²) >= 11 is 0. The minimum atomic E-state index is 0.385. The molecule has 1 unspecified atom stereocenters. The van der Waals surface area contributed by atoms with Crippen molar-refractivity contribution in [3.8, 4) is 0 Å². The molecule has 0 bridgehead atoms. The summed E-state index contributed by atoms with van der Waals surface area (Å²) < 4.78 is 5.44. The predicted molar refractivity (Wildman–Crippen MR) is 63.9 cm³/mol. The highest BCUT2D eigenvalue weighted by atomic mass is 16.3. The molecule has 0 spiro atoms. The zero-order valence-electron chi connectivity index (χ0n) is 9.97. The Bertz CT molecular complexity index is 314. The van der Waals surface area contributed by atoms with Gasteiger partial charge in [0.1, 0.15) is 5.76 Å². The Morgan fingerprint density at radius 3 is 2.87 bits per heavy atom. The lowest BCUT2D eigenvalue weighted by atomic mass is 10.00. The van der Waals surface area contributed by atoms with Crippen LogP contribution in [0, 0.1) is 0 Å². The third-order valence-electron chi connectivity index (χ3n) is 2.68. The van der Waals surface area contributed by atoms with E-state index in [9.17, 15) is 0 Å². The predicted octanol–water partition coefficient (Wildman–Crippen LogP) is 3.46. The Labute approximate surface area is 92.4 Å².